The van der Waals surface area contributed by atoms with Crippen molar-refractivity contribution >= 4 is 23.1 Å². The molecule has 3 aromatic rings. The highest BCUT2D eigenvalue weighted by Crippen LogP contribution is 2.11. The van der Waals surface area contributed by atoms with Crippen LogP contribution in [0.5, 0.6) is 0 Å². The van der Waals surface area contributed by atoms with Crippen molar-refractivity contribution in [1.82, 2.24) is 25.0 Å². The van der Waals surface area contributed by atoms with Crippen molar-refractivity contribution in [2.45, 2.75) is 12.4 Å². The van der Waals surface area contributed by atoms with E-state index in [0.717, 1.165) is 16.9 Å². The number of tetrazole rings is 1. The van der Waals surface area contributed by atoms with Gasteiger partial charge in [-0.05, 0) is 21.6 Å². The minimum atomic E-state index is 0.512. The van der Waals surface area contributed by atoms with Gasteiger partial charge in [-0.1, -0.05) is 24.3 Å². The number of nitrogens with one attached hydrogen (secondary N) is 1. The van der Waals surface area contributed by atoms with Crippen LogP contribution >= 0.6 is 11.6 Å². The number of fused-ring (bicyclic) bond motifs is 1. The van der Waals surface area contributed by atoms with Crippen LogP contribution in [0.15, 0.2) is 36.7 Å². The van der Waals surface area contributed by atoms with E-state index in [1.807, 2.05) is 18.2 Å². The minimum absolute atomic E-state index is 0.512. The molecule has 0 atom stereocenters. The largest absolute Gasteiger partial charge is 0.365 e. The summed E-state index contributed by atoms with van der Waals surface area (Å²) in [6.45, 7) is 0.658. The number of halogens is 1. The summed E-state index contributed by atoms with van der Waals surface area (Å²) in [4.78, 5) is 4.08. The molecule has 2 heterocycles. The van der Waals surface area contributed by atoms with Gasteiger partial charge in [0, 0.05) is 12.4 Å². The average molecular weight is 275 g/mol. The van der Waals surface area contributed by atoms with E-state index in [2.05, 4.69) is 31.9 Å². The van der Waals surface area contributed by atoms with Crippen molar-refractivity contribution in [2.75, 3.05) is 5.32 Å². The lowest BCUT2D eigenvalue weighted by molar-refractivity contribution is 0.819. The summed E-state index contributed by atoms with van der Waals surface area (Å²) in [5, 5.41) is 14.6. The Hall–Kier alpha value is -2.21. The van der Waals surface area contributed by atoms with Crippen molar-refractivity contribution < 1.29 is 0 Å². The smallest absolute Gasteiger partial charge is 0.199 e. The maximum atomic E-state index is 5.82. The average Bonchev–Trinajstić information content (AvgIpc) is 2.94. The molecular formula is C12H11ClN6. The third-order valence-corrected chi connectivity index (χ3v) is 3.04. The van der Waals surface area contributed by atoms with Crippen LogP contribution in [0.3, 0.4) is 0 Å². The van der Waals surface area contributed by atoms with Crippen LogP contribution in [0, 0.1) is 0 Å². The first-order chi connectivity index (χ1) is 9.36. The van der Waals surface area contributed by atoms with Crippen LogP contribution in [0.2, 0.25) is 0 Å². The second kappa shape index (κ2) is 5.19. The lowest BCUT2D eigenvalue weighted by Crippen LogP contribution is -2.06. The van der Waals surface area contributed by atoms with Gasteiger partial charge in [0.1, 0.15) is 0 Å². The van der Waals surface area contributed by atoms with E-state index in [0.29, 0.717) is 18.1 Å². The van der Waals surface area contributed by atoms with Gasteiger partial charge in [0.2, 0.25) is 0 Å². The number of rotatable bonds is 4. The van der Waals surface area contributed by atoms with Gasteiger partial charge in [-0.2, -0.15) is 4.52 Å². The van der Waals surface area contributed by atoms with Gasteiger partial charge in [-0.25, -0.2) is 0 Å². The zero-order valence-electron chi connectivity index (χ0n) is 9.99. The minimum Gasteiger partial charge on any atom is -0.365 e. The first kappa shape index (κ1) is 11.9. The van der Waals surface area contributed by atoms with Crippen LogP contribution < -0.4 is 5.32 Å². The maximum Gasteiger partial charge on any atom is 0.199 e. The molecule has 0 aliphatic rings. The zero-order valence-corrected chi connectivity index (χ0v) is 10.7. The number of nitrogens with zero attached hydrogens (tertiary/aromatic N) is 5. The normalized spacial score (nSPS) is 10.8. The van der Waals surface area contributed by atoms with E-state index in [-0.39, 0.29) is 0 Å². The Bertz CT molecular complexity index is 695. The maximum absolute atomic E-state index is 5.82. The van der Waals surface area contributed by atoms with Crippen molar-refractivity contribution in [3.63, 3.8) is 0 Å². The third-order valence-electron chi connectivity index (χ3n) is 2.73. The molecular weight excluding hydrogens is 264 g/mol. The van der Waals surface area contributed by atoms with Gasteiger partial charge in [-0.15, -0.1) is 16.7 Å². The standard InChI is InChI=1S/C12H11ClN6/c13-5-9-2-1-3-10(4-9)6-15-11-7-14-8-12-16-17-18-19(11)12/h1-4,7-8,15H,5-6H2. The second-order valence-electron chi connectivity index (χ2n) is 4.05. The Morgan fingerprint density at radius 2 is 2.11 bits per heavy atom. The Kier molecular flexibility index (Phi) is 3.24. The number of aromatic nitrogens is 5. The van der Waals surface area contributed by atoms with Gasteiger partial charge < -0.3 is 5.32 Å². The molecule has 1 N–H and O–H groups in total. The van der Waals surface area contributed by atoms with Gasteiger partial charge >= 0.3 is 0 Å². The van der Waals surface area contributed by atoms with E-state index >= 15 is 0 Å². The Morgan fingerprint density at radius 3 is 3.00 bits per heavy atom. The highest BCUT2D eigenvalue weighted by atomic mass is 35.5. The fourth-order valence-electron chi connectivity index (χ4n) is 1.81. The van der Waals surface area contributed by atoms with Crippen LogP contribution in [0.4, 0.5) is 5.82 Å². The molecule has 0 saturated heterocycles. The summed E-state index contributed by atoms with van der Waals surface area (Å²) >= 11 is 5.82. The lowest BCUT2D eigenvalue weighted by Gasteiger charge is -2.07. The molecule has 19 heavy (non-hydrogen) atoms. The molecule has 2 aromatic heterocycles. The molecule has 0 amide bonds. The molecule has 0 aliphatic carbocycles. The Balaban J connectivity index is 1.80. The highest BCUT2D eigenvalue weighted by Gasteiger charge is 2.03. The van der Waals surface area contributed by atoms with Crippen molar-refractivity contribution in [3.8, 4) is 0 Å². The topological polar surface area (TPSA) is 68.0 Å². The highest BCUT2D eigenvalue weighted by molar-refractivity contribution is 6.17. The number of alkyl halides is 1. The molecule has 6 nitrogen and oxygen atoms in total. The molecule has 0 aliphatic heterocycles. The van der Waals surface area contributed by atoms with Crippen LogP contribution in [-0.2, 0) is 12.4 Å². The first-order valence-electron chi connectivity index (χ1n) is 5.76. The number of hydrogen-bond acceptors (Lipinski definition) is 5. The summed E-state index contributed by atoms with van der Waals surface area (Å²) in [7, 11) is 0. The Morgan fingerprint density at radius 1 is 1.21 bits per heavy atom. The summed E-state index contributed by atoms with van der Waals surface area (Å²) < 4.78 is 1.61. The number of hydrogen-bond donors (Lipinski definition) is 1. The molecule has 3 rings (SSSR count). The predicted octanol–water partition coefficient (Wildman–Crippen LogP) is 1.87. The quantitative estimate of drug-likeness (QED) is 0.736. The van der Waals surface area contributed by atoms with Gasteiger partial charge in [-0.3, -0.25) is 4.98 Å². The fourth-order valence-corrected chi connectivity index (χ4v) is 1.98. The van der Waals surface area contributed by atoms with Crippen molar-refractivity contribution in [1.29, 1.82) is 0 Å². The second-order valence-corrected chi connectivity index (χ2v) is 4.32. The number of anilines is 1. The molecule has 0 radical (unpaired) electrons. The predicted molar refractivity (Wildman–Crippen MR) is 71.9 cm³/mol. The van der Waals surface area contributed by atoms with E-state index in [9.17, 15) is 0 Å². The third kappa shape index (κ3) is 2.48. The van der Waals surface area contributed by atoms with E-state index in [1.165, 1.54) is 0 Å². The molecule has 1 aromatic carbocycles. The van der Waals surface area contributed by atoms with Gasteiger partial charge in [0.05, 0.1) is 12.4 Å². The molecule has 0 spiro atoms. The van der Waals surface area contributed by atoms with E-state index in [1.54, 1.807) is 16.9 Å². The Labute approximate surface area is 114 Å². The first-order valence-corrected chi connectivity index (χ1v) is 6.30. The van der Waals surface area contributed by atoms with Crippen molar-refractivity contribution in [2.24, 2.45) is 0 Å². The summed E-state index contributed by atoms with van der Waals surface area (Å²) in [6, 6.07) is 8.09. The summed E-state index contributed by atoms with van der Waals surface area (Å²) in [5.74, 6) is 1.26. The molecule has 0 unspecified atom stereocenters. The number of benzene rings is 1. The zero-order chi connectivity index (χ0) is 13.1. The monoisotopic (exact) mass is 274 g/mol. The molecule has 96 valence electrons. The van der Waals surface area contributed by atoms with E-state index in [4.69, 9.17) is 11.6 Å². The summed E-state index contributed by atoms with van der Waals surface area (Å²) in [5.41, 5.74) is 2.85. The summed E-state index contributed by atoms with van der Waals surface area (Å²) in [6.07, 6.45) is 3.30. The van der Waals surface area contributed by atoms with E-state index < -0.39 is 0 Å². The molecule has 7 heteroatoms. The van der Waals surface area contributed by atoms with Crippen molar-refractivity contribution in [3.05, 3.63) is 47.8 Å². The van der Waals surface area contributed by atoms with Gasteiger partial charge in [0.25, 0.3) is 0 Å². The van der Waals surface area contributed by atoms with Crippen LogP contribution in [-0.4, -0.2) is 25.0 Å². The van der Waals surface area contributed by atoms with Gasteiger partial charge in [0.15, 0.2) is 11.5 Å². The van der Waals surface area contributed by atoms with Crippen LogP contribution in [0.25, 0.3) is 5.65 Å². The molecule has 0 fully saturated rings. The SMILES string of the molecule is ClCc1cccc(CNc2cncc3nnnn23)c1. The molecule has 0 bridgehead atoms. The fraction of sp³-hybridized carbons (Fsp3) is 0.167. The molecule has 0 saturated carbocycles. The van der Waals surface area contributed by atoms with Crippen LogP contribution in [0.1, 0.15) is 11.1 Å². The lowest BCUT2D eigenvalue weighted by atomic mass is 10.1.